The number of imide groups is 1. The molecule has 4 amide bonds. The van der Waals surface area contributed by atoms with Crippen LogP contribution in [0.4, 0.5) is 10.5 Å². The third-order valence-electron chi connectivity index (χ3n) is 4.89. The molecule has 8 heteroatoms. The fraction of sp³-hybridized carbons (Fsp3) is 0.263. The number of carbonyl (C=O) groups is 3. The Kier molecular flexibility index (Phi) is 4.65. The molecule has 27 heavy (non-hydrogen) atoms. The lowest BCUT2D eigenvalue weighted by atomic mass is 9.97. The van der Waals surface area contributed by atoms with Gasteiger partial charge in [0, 0.05) is 29.5 Å². The Hall–Kier alpha value is -2.74. The van der Waals surface area contributed by atoms with Crippen LogP contribution in [0, 0.1) is 0 Å². The first-order valence-electron chi connectivity index (χ1n) is 8.65. The molecule has 0 saturated carbocycles. The number of nitrogens with one attached hydrogen (secondary N) is 1. The molecule has 1 aromatic heterocycles. The van der Waals surface area contributed by atoms with Crippen molar-refractivity contribution >= 4 is 39.5 Å². The number of rotatable bonds is 3. The Bertz CT molecular complexity index is 888. The molecule has 7 nitrogen and oxygen atoms in total. The van der Waals surface area contributed by atoms with E-state index in [1.807, 2.05) is 0 Å². The minimum absolute atomic E-state index is 0.166. The Balaban J connectivity index is 1.48. The summed E-state index contributed by atoms with van der Waals surface area (Å²) in [5.74, 6) is -0.467. The molecule has 2 fully saturated rings. The van der Waals surface area contributed by atoms with E-state index in [-0.39, 0.29) is 23.9 Å². The quantitative estimate of drug-likeness (QED) is 0.761. The van der Waals surface area contributed by atoms with Gasteiger partial charge in [0.2, 0.25) is 0 Å². The minimum atomic E-state index is -0.547. The summed E-state index contributed by atoms with van der Waals surface area (Å²) in [6.45, 7) is 0.431. The van der Waals surface area contributed by atoms with E-state index < -0.39 is 6.04 Å². The highest BCUT2D eigenvalue weighted by atomic mass is 79.9. The van der Waals surface area contributed by atoms with Crippen molar-refractivity contribution < 1.29 is 14.4 Å². The molecule has 0 bridgehead atoms. The lowest BCUT2D eigenvalue weighted by molar-refractivity contribution is -0.120. The van der Waals surface area contributed by atoms with Crippen LogP contribution >= 0.6 is 15.9 Å². The molecular weight excluding hydrogens is 412 g/mol. The summed E-state index contributed by atoms with van der Waals surface area (Å²) in [5.41, 5.74) is 1.03. The molecule has 0 radical (unpaired) electrons. The summed E-state index contributed by atoms with van der Waals surface area (Å²) in [6.07, 6.45) is 4.12. The molecule has 1 N–H and O–H groups in total. The van der Waals surface area contributed by atoms with E-state index in [1.54, 1.807) is 47.5 Å². The zero-order valence-corrected chi connectivity index (χ0v) is 15.9. The van der Waals surface area contributed by atoms with Gasteiger partial charge in [-0.2, -0.15) is 0 Å². The fourth-order valence-corrected chi connectivity index (χ4v) is 3.79. The van der Waals surface area contributed by atoms with Crippen LogP contribution in [0.1, 0.15) is 23.2 Å². The van der Waals surface area contributed by atoms with E-state index >= 15 is 0 Å². The van der Waals surface area contributed by atoms with Gasteiger partial charge < -0.3 is 10.2 Å². The number of benzene rings is 1. The topological polar surface area (TPSA) is 82.6 Å². The number of fused-ring (bicyclic) bond motifs is 1. The van der Waals surface area contributed by atoms with Crippen molar-refractivity contribution in [3.05, 3.63) is 58.8 Å². The first-order valence-corrected chi connectivity index (χ1v) is 9.45. The number of halogens is 1. The van der Waals surface area contributed by atoms with Crippen molar-refractivity contribution in [2.75, 3.05) is 11.4 Å². The number of aromatic nitrogens is 1. The summed E-state index contributed by atoms with van der Waals surface area (Å²) >= 11 is 3.35. The van der Waals surface area contributed by atoms with E-state index in [1.165, 1.54) is 11.1 Å². The molecule has 1 aromatic carbocycles. The maximum absolute atomic E-state index is 12.9. The van der Waals surface area contributed by atoms with E-state index in [2.05, 4.69) is 26.2 Å². The van der Waals surface area contributed by atoms with Gasteiger partial charge in [-0.05, 0) is 49.2 Å². The number of anilines is 1. The number of piperidine rings is 1. The average Bonchev–Trinajstić information content (AvgIpc) is 2.93. The van der Waals surface area contributed by atoms with Crippen LogP contribution in [-0.2, 0) is 4.79 Å². The molecule has 0 spiro atoms. The molecule has 2 aliphatic rings. The maximum Gasteiger partial charge on any atom is 0.332 e. The molecule has 2 atom stereocenters. The standard InChI is InChI=1S/C19H17BrN4O3/c20-13-3-5-15(6-4-13)24-18(26)16-10-14(7-9-23(16)19(24)27)22-17(25)12-2-1-8-21-11-12/h1-6,8,11,14,16H,7,9-10H2,(H,22,25)/t14-,16-/m0/s1. The Morgan fingerprint density at radius 1 is 1.19 bits per heavy atom. The summed E-state index contributed by atoms with van der Waals surface area (Å²) in [6, 6.07) is 9.44. The monoisotopic (exact) mass is 428 g/mol. The predicted octanol–water partition coefficient (Wildman–Crippen LogP) is 2.57. The normalized spacial score (nSPS) is 22.0. The molecule has 4 rings (SSSR count). The molecular formula is C19H17BrN4O3. The van der Waals surface area contributed by atoms with E-state index in [0.29, 0.717) is 30.6 Å². The van der Waals surface area contributed by atoms with Crippen molar-refractivity contribution in [2.45, 2.75) is 24.9 Å². The zero-order chi connectivity index (χ0) is 19.0. The highest BCUT2D eigenvalue weighted by Crippen LogP contribution is 2.31. The van der Waals surface area contributed by atoms with E-state index in [4.69, 9.17) is 0 Å². The van der Waals surface area contributed by atoms with Crippen molar-refractivity contribution in [3.63, 3.8) is 0 Å². The second kappa shape index (κ2) is 7.11. The third-order valence-corrected chi connectivity index (χ3v) is 5.42. The molecule has 3 heterocycles. The van der Waals surface area contributed by atoms with Gasteiger partial charge in [-0.25, -0.2) is 9.69 Å². The molecule has 2 aromatic rings. The number of amides is 4. The van der Waals surface area contributed by atoms with Crippen molar-refractivity contribution in [1.82, 2.24) is 15.2 Å². The van der Waals surface area contributed by atoms with Gasteiger partial charge in [-0.1, -0.05) is 15.9 Å². The van der Waals surface area contributed by atoms with Gasteiger partial charge in [0.1, 0.15) is 6.04 Å². The smallest absolute Gasteiger partial charge is 0.332 e. The van der Waals surface area contributed by atoms with Crippen molar-refractivity contribution in [3.8, 4) is 0 Å². The number of carbonyl (C=O) groups excluding carboxylic acids is 3. The zero-order valence-electron chi connectivity index (χ0n) is 14.3. The summed E-state index contributed by atoms with van der Waals surface area (Å²) in [4.78, 5) is 44.7. The lowest BCUT2D eigenvalue weighted by Gasteiger charge is -2.32. The van der Waals surface area contributed by atoms with E-state index in [9.17, 15) is 14.4 Å². The SMILES string of the molecule is O=C(N[C@H]1CCN2C(=O)N(c3ccc(Br)cc3)C(=O)[C@@H]2C1)c1cccnc1. The molecule has 2 aliphatic heterocycles. The van der Waals surface area contributed by atoms with Crippen LogP contribution in [0.15, 0.2) is 53.3 Å². The van der Waals surface area contributed by atoms with Crippen molar-refractivity contribution in [2.24, 2.45) is 0 Å². The van der Waals surface area contributed by atoms with Gasteiger partial charge in [0.15, 0.2) is 0 Å². The number of hydrogen-bond donors (Lipinski definition) is 1. The highest BCUT2D eigenvalue weighted by Gasteiger charge is 2.48. The first kappa shape index (κ1) is 17.7. The van der Waals surface area contributed by atoms with Crippen LogP contribution in [-0.4, -0.2) is 46.4 Å². The van der Waals surface area contributed by atoms with Crippen molar-refractivity contribution in [1.29, 1.82) is 0 Å². The first-order chi connectivity index (χ1) is 13.0. The van der Waals surface area contributed by atoms with Crippen LogP contribution in [0.5, 0.6) is 0 Å². The fourth-order valence-electron chi connectivity index (χ4n) is 3.52. The number of urea groups is 1. The molecule has 138 valence electrons. The predicted molar refractivity (Wildman–Crippen MR) is 102 cm³/mol. The Morgan fingerprint density at radius 3 is 2.67 bits per heavy atom. The van der Waals surface area contributed by atoms with Gasteiger partial charge in [0.25, 0.3) is 11.8 Å². The summed E-state index contributed by atoms with van der Waals surface area (Å²) in [7, 11) is 0. The number of nitrogens with zero attached hydrogens (tertiary/aromatic N) is 3. The van der Waals surface area contributed by atoms with Gasteiger partial charge in [0.05, 0.1) is 11.3 Å². The van der Waals surface area contributed by atoms with Crippen LogP contribution in [0.25, 0.3) is 0 Å². The Morgan fingerprint density at radius 2 is 1.96 bits per heavy atom. The van der Waals surface area contributed by atoms with E-state index in [0.717, 1.165) is 4.47 Å². The molecule has 0 unspecified atom stereocenters. The largest absolute Gasteiger partial charge is 0.349 e. The average molecular weight is 429 g/mol. The lowest BCUT2D eigenvalue weighted by Crippen LogP contribution is -2.49. The second-order valence-electron chi connectivity index (χ2n) is 6.58. The summed E-state index contributed by atoms with van der Waals surface area (Å²) in [5, 5.41) is 2.95. The Labute approximate surface area is 164 Å². The maximum atomic E-state index is 12.9. The van der Waals surface area contributed by atoms with Gasteiger partial charge >= 0.3 is 6.03 Å². The third kappa shape index (κ3) is 3.32. The number of hydrogen-bond acceptors (Lipinski definition) is 4. The minimum Gasteiger partial charge on any atom is -0.349 e. The summed E-state index contributed by atoms with van der Waals surface area (Å²) < 4.78 is 0.876. The van der Waals surface area contributed by atoms with Crippen LogP contribution in [0.3, 0.4) is 0 Å². The molecule has 2 saturated heterocycles. The molecule has 0 aliphatic carbocycles. The second-order valence-corrected chi connectivity index (χ2v) is 7.49. The van der Waals surface area contributed by atoms with Gasteiger partial charge in [-0.15, -0.1) is 0 Å². The van der Waals surface area contributed by atoms with Crippen LogP contribution < -0.4 is 10.2 Å². The number of pyridine rings is 1. The highest BCUT2D eigenvalue weighted by molar-refractivity contribution is 9.10. The van der Waals surface area contributed by atoms with Gasteiger partial charge in [-0.3, -0.25) is 14.6 Å². The van der Waals surface area contributed by atoms with Crippen LogP contribution in [0.2, 0.25) is 0 Å².